The lowest BCUT2D eigenvalue weighted by Gasteiger charge is -2.71. The van der Waals surface area contributed by atoms with Gasteiger partial charge in [0, 0.05) is 68.9 Å². The number of fused-ring (bicyclic) bond motifs is 2. The van der Waals surface area contributed by atoms with Crippen molar-refractivity contribution in [2.75, 3.05) is 41.0 Å². The Bertz CT molecular complexity index is 1170. The van der Waals surface area contributed by atoms with E-state index in [1.54, 1.807) is 45.6 Å². The SMILES string of the molecule is CCN1C[C@]2(COC)CC[C@H](O)C34C1C([C@H](OC)[C@@H]32)[C@@]1(OC(=O)c2ccccc2)C[C@H](OC)[C@H]2C[C@]4(O)[C@@H]1[C@H]2O. The number of piperidine rings is 1. The van der Waals surface area contributed by atoms with Crippen LogP contribution in [0.3, 0.4) is 0 Å². The minimum absolute atomic E-state index is 0.235. The van der Waals surface area contributed by atoms with Crippen molar-refractivity contribution >= 4 is 5.97 Å². The van der Waals surface area contributed by atoms with Gasteiger partial charge in [0.15, 0.2) is 0 Å². The zero-order valence-corrected chi connectivity index (χ0v) is 23.9. The fraction of sp³-hybridized carbons (Fsp3) is 0.774. The number of aliphatic hydroxyl groups excluding tert-OH is 2. The molecule has 220 valence electrons. The van der Waals surface area contributed by atoms with Crippen LogP contribution in [0, 0.1) is 34.5 Å². The minimum atomic E-state index is -1.51. The van der Waals surface area contributed by atoms with Crippen molar-refractivity contribution < 1.29 is 39.1 Å². The van der Waals surface area contributed by atoms with Gasteiger partial charge in [-0.1, -0.05) is 25.1 Å². The second-order valence-electron chi connectivity index (χ2n) is 13.4. The Morgan fingerprint density at radius 1 is 1.07 bits per heavy atom. The molecule has 0 radical (unpaired) electrons. The summed E-state index contributed by atoms with van der Waals surface area (Å²) in [5.41, 5.74) is -3.69. The fourth-order valence-electron chi connectivity index (χ4n) is 11.7. The van der Waals surface area contributed by atoms with Gasteiger partial charge in [-0.15, -0.1) is 0 Å². The third kappa shape index (κ3) is 2.90. The number of carbonyl (C=O) groups excluding carboxylic acids is 1. The molecule has 6 fully saturated rings. The Hall–Kier alpha value is -1.59. The Morgan fingerprint density at radius 3 is 2.48 bits per heavy atom. The molecule has 1 aliphatic heterocycles. The Labute approximate surface area is 235 Å². The summed E-state index contributed by atoms with van der Waals surface area (Å²) >= 11 is 0. The topological polar surface area (TPSA) is 118 Å². The van der Waals surface area contributed by atoms with E-state index >= 15 is 0 Å². The maximum absolute atomic E-state index is 13.9. The average Bonchev–Trinajstić information content (AvgIpc) is 3.33. The highest BCUT2D eigenvalue weighted by Gasteiger charge is 2.91. The van der Waals surface area contributed by atoms with E-state index in [1.165, 1.54) is 0 Å². The molecule has 7 rings (SSSR count). The third-order valence-corrected chi connectivity index (χ3v) is 12.4. The van der Waals surface area contributed by atoms with Crippen LogP contribution in [0.25, 0.3) is 0 Å². The van der Waals surface area contributed by atoms with Gasteiger partial charge in [0.2, 0.25) is 0 Å². The molecule has 40 heavy (non-hydrogen) atoms. The van der Waals surface area contributed by atoms with E-state index in [2.05, 4.69) is 11.8 Å². The van der Waals surface area contributed by atoms with E-state index in [4.69, 9.17) is 18.9 Å². The average molecular weight is 558 g/mol. The lowest BCUT2D eigenvalue weighted by Crippen LogP contribution is -2.82. The van der Waals surface area contributed by atoms with Crippen molar-refractivity contribution in [2.24, 2.45) is 34.5 Å². The zero-order valence-electron chi connectivity index (χ0n) is 23.9. The first-order valence-corrected chi connectivity index (χ1v) is 14.9. The van der Waals surface area contributed by atoms with Gasteiger partial charge in [-0.25, -0.2) is 4.79 Å². The van der Waals surface area contributed by atoms with Crippen LogP contribution < -0.4 is 0 Å². The van der Waals surface area contributed by atoms with E-state index in [0.717, 1.165) is 13.0 Å². The second kappa shape index (κ2) is 8.96. The van der Waals surface area contributed by atoms with Crippen LogP contribution >= 0.6 is 0 Å². The molecule has 1 aromatic carbocycles. The largest absolute Gasteiger partial charge is 0.454 e. The number of hydrogen-bond acceptors (Lipinski definition) is 9. The first kappa shape index (κ1) is 27.3. The van der Waals surface area contributed by atoms with Crippen LogP contribution in [0.5, 0.6) is 0 Å². The summed E-state index contributed by atoms with van der Waals surface area (Å²) < 4.78 is 25.0. The van der Waals surface area contributed by atoms with Crippen molar-refractivity contribution in [2.45, 2.75) is 74.3 Å². The number of benzene rings is 1. The Balaban J connectivity index is 1.51. The van der Waals surface area contributed by atoms with Gasteiger partial charge in [-0.2, -0.15) is 0 Å². The van der Waals surface area contributed by atoms with Gasteiger partial charge in [-0.05, 0) is 37.9 Å². The molecule has 0 amide bonds. The number of nitrogens with zero attached hydrogens (tertiary/aromatic N) is 1. The molecule has 1 aromatic rings. The lowest BCUT2D eigenvalue weighted by atomic mass is 9.41. The normalized spacial score (nSPS) is 52.0. The highest BCUT2D eigenvalue weighted by molar-refractivity contribution is 5.89. The van der Waals surface area contributed by atoms with E-state index in [9.17, 15) is 20.1 Å². The van der Waals surface area contributed by atoms with Crippen LogP contribution in [0.2, 0.25) is 0 Å². The van der Waals surface area contributed by atoms with E-state index in [-0.39, 0.29) is 29.7 Å². The number of aliphatic hydroxyl groups is 3. The third-order valence-electron chi connectivity index (χ3n) is 12.4. The van der Waals surface area contributed by atoms with Crippen LogP contribution in [0.1, 0.15) is 43.0 Å². The van der Waals surface area contributed by atoms with Crippen molar-refractivity contribution in [1.82, 2.24) is 4.90 Å². The number of ether oxygens (including phenoxy) is 4. The summed E-state index contributed by atoms with van der Waals surface area (Å²) in [6, 6.07) is 8.59. The van der Waals surface area contributed by atoms with Gasteiger partial charge in [0.05, 0.1) is 48.1 Å². The standard InChI is InChI=1S/C31H43NO8/c1-5-32-15-28(16-37-2)12-11-20(33)31-25(28)23(39-4)21(26(31)32)29(40-27(35)17-9-7-6-8-10-17)14-19(38-3)18-13-30(31,36)24(29)22(18)34/h6-10,18-26,33-34,36H,5,11-16H2,1-4H3/t18-,19+,20+,21?,22+,23+,24-,25-,26?,28+,29+,30+,31?/m1/s1. The van der Waals surface area contributed by atoms with Gasteiger partial charge >= 0.3 is 5.97 Å². The van der Waals surface area contributed by atoms with Crippen LogP contribution in [-0.2, 0) is 18.9 Å². The predicted molar refractivity (Wildman–Crippen MR) is 143 cm³/mol. The maximum Gasteiger partial charge on any atom is 0.338 e. The summed E-state index contributed by atoms with van der Waals surface area (Å²) in [5.74, 6) is -2.22. The molecule has 7 bridgehead atoms. The molecule has 5 aliphatic carbocycles. The number of carbonyl (C=O) groups is 1. The van der Waals surface area contributed by atoms with Gasteiger partial charge in [0.25, 0.3) is 0 Å². The highest BCUT2D eigenvalue weighted by atomic mass is 16.6. The number of hydrogen-bond donors (Lipinski definition) is 3. The molecule has 1 heterocycles. The van der Waals surface area contributed by atoms with Gasteiger partial charge < -0.3 is 34.3 Å². The molecule has 1 spiro atoms. The van der Waals surface area contributed by atoms with Crippen molar-refractivity contribution in [3.05, 3.63) is 35.9 Å². The second-order valence-corrected chi connectivity index (χ2v) is 13.4. The predicted octanol–water partition coefficient (Wildman–Crippen LogP) is 1.48. The Kier molecular flexibility index (Phi) is 6.10. The monoisotopic (exact) mass is 557 g/mol. The molecule has 13 atom stereocenters. The molecular weight excluding hydrogens is 514 g/mol. The van der Waals surface area contributed by atoms with E-state index in [0.29, 0.717) is 31.6 Å². The summed E-state index contributed by atoms with van der Waals surface area (Å²) in [4.78, 5) is 16.3. The summed E-state index contributed by atoms with van der Waals surface area (Å²) in [6.45, 7) is 4.04. The van der Waals surface area contributed by atoms with Crippen molar-refractivity contribution in [3.8, 4) is 0 Å². The quantitative estimate of drug-likeness (QED) is 0.429. The number of esters is 1. The van der Waals surface area contributed by atoms with Crippen LogP contribution in [-0.4, -0.2) is 109 Å². The summed E-state index contributed by atoms with van der Waals surface area (Å²) in [7, 11) is 5.03. The zero-order chi connectivity index (χ0) is 28.2. The smallest absolute Gasteiger partial charge is 0.338 e. The molecule has 3 unspecified atom stereocenters. The lowest BCUT2D eigenvalue weighted by molar-refractivity contribution is -0.324. The molecule has 5 saturated carbocycles. The van der Waals surface area contributed by atoms with Crippen LogP contribution in [0.4, 0.5) is 0 Å². The molecule has 3 N–H and O–H groups in total. The molecule has 0 aromatic heterocycles. The molecule has 1 saturated heterocycles. The molecule has 6 aliphatic rings. The number of likely N-dealkylation sites (tertiary alicyclic amines) is 1. The number of rotatable bonds is 7. The number of methoxy groups -OCH3 is 3. The summed E-state index contributed by atoms with van der Waals surface area (Å²) in [5, 5.41) is 37.5. The van der Waals surface area contributed by atoms with Gasteiger partial charge in [0.1, 0.15) is 5.60 Å². The van der Waals surface area contributed by atoms with Gasteiger partial charge in [-0.3, -0.25) is 4.90 Å². The van der Waals surface area contributed by atoms with E-state index < -0.39 is 58.8 Å². The Morgan fingerprint density at radius 2 is 1.82 bits per heavy atom. The van der Waals surface area contributed by atoms with Crippen LogP contribution in [0.15, 0.2) is 30.3 Å². The van der Waals surface area contributed by atoms with Crippen molar-refractivity contribution in [3.63, 3.8) is 0 Å². The maximum atomic E-state index is 13.9. The molecule has 9 heteroatoms. The molecular formula is C31H43NO8. The first-order valence-electron chi connectivity index (χ1n) is 14.9. The summed E-state index contributed by atoms with van der Waals surface area (Å²) in [6.07, 6.45) is -0.690. The first-order chi connectivity index (χ1) is 19.2. The molecule has 9 nitrogen and oxygen atoms in total. The van der Waals surface area contributed by atoms with E-state index in [1.807, 2.05) is 6.07 Å². The fourth-order valence-corrected chi connectivity index (χ4v) is 11.7. The minimum Gasteiger partial charge on any atom is -0.454 e. The van der Waals surface area contributed by atoms with Crippen molar-refractivity contribution in [1.29, 1.82) is 0 Å². The highest BCUT2D eigenvalue weighted by Crippen LogP contribution is 2.80.